The predicted molar refractivity (Wildman–Crippen MR) is 60.7 cm³/mol. The van der Waals surface area contributed by atoms with E-state index in [4.69, 9.17) is 5.73 Å². The summed E-state index contributed by atoms with van der Waals surface area (Å²) in [5.41, 5.74) is 6.66. The van der Waals surface area contributed by atoms with Crippen molar-refractivity contribution in [1.82, 2.24) is 0 Å². The van der Waals surface area contributed by atoms with Gasteiger partial charge in [-0.05, 0) is 53.7 Å². The van der Waals surface area contributed by atoms with Gasteiger partial charge >= 0.3 is 0 Å². The van der Waals surface area contributed by atoms with Gasteiger partial charge in [-0.15, -0.1) is 0 Å². The number of halogens is 2. The first kappa shape index (κ1) is 11.7. The van der Waals surface area contributed by atoms with E-state index in [2.05, 4.69) is 15.9 Å². The first-order valence-electron chi connectivity index (χ1n) is 4.79. The van der Waals surface area contributed by atoms with Crippen LogP contribution in [0.2, 0.25) is 0 Å². The monoisotopic (exact) mass is 259 g/mol. The van der Waals surface area contributed by atoms with E-state index in [1.165, 1.54) is 6.07 Å². The predicted octanol–water partition coefficient (Wildman–Crippen LogP) is 3.26. The topological polar surface area (TPSA) is 26.0 Å². The molecule has 14 heavy (non-hydrogen) atoms. The summed E-state index contributed by atoms with van der Waals surface area (Å²) in [7, 11) is 0. The van der Waals surface area contributed by atoms with E-state index < -0.39 is 0 Å². The lowest BCUT2D eigenvalue weighted by atomic mass is 10.1. The third-order valence-corrected chi connectivity index (χ3v) is 3.03. The maximum absolute atomic E-state index is 13.1. The third kappa shape index (κ3) is 3.39. The van der Waals surface area contributed by atoms with Crippen LogP contribution in [0.15, 0.2) is 22.7 Å². The van der Waals surface area contributed by atoms with Gasteiger partial charge in [0, 0.05) is 6.04 Å². The zero-order valence-corrected chi connectivity index (χ0v) is 9.85. The molecule has 1 nitrogen and oxygen atoms in total. The molecule has 0 bridgehead atoms. The molecule has 0 fully saturated rings. The van der Waals surface area contributed by atoms with Crippen molar-refractivity contribution in [3.05, 3.63) is 34.1 Å². The molecule has 1 atom stereocenters. The quantitative estimate of drug-likeness (QED) is 0.883. The van der Waals surface area contributed by atoms with Gasteiger partial charge in [0.25, 0.3) is 0 Å². The Kier molecular flexibility index (Phi) is 4.55. The third-order valence-electron chi connectivity index (χ3n) is 2.14. The second-order valence-electron chi connectivity index (χ2n) is 3.58. The van der Waals surface area contributed by atoms with Gasteiger partial charge in [0.15, 0.2) is 0 Å². The van der Waals surface area contributed by atoms with Crippen LogP contribution in [0.3, 0.4) is 0 Å². The van der Waals surface area contributed by atoms with E-state index >= 15 is 0 Å². The average molecular weight is 260 g/mol. The fourth-order valence-electron chi connectivity index (χ4n) is 1.36. The molecule has 0 heterocycles. The summed E-state index contributed by atoms with van der Waals surface area (Å²) in [5, 5.41) is 0. The van der Waals surface area contributed by atoms with E-state index in [9.17, 15) is 4.39 Å². The summed E-state index contributed by atoms with van der Waals surface area (Å²) in [6.45, 7) is 1.99. The van der Waals surface area contributed by atoms with Gasteiger partial charge in [0.1, 0.15) is 5.82 Å². The number of nitrogens with two attached hydrogens (primary N) is 1. The van der Waals surface area contributed by atoms with Crippen molar-refractivity contribution in [3.63, 3.8) is 0 Å². The summed E-state index contributed by atoms with van der Waals surface area (Å²) in [6.07, 6.45) is 2.85. The van der Waals surface area contributed by atoms with Crippen molar-refractivity contribution >= 4 is 15.9 Å². The van der Waals surface area contributed by atoms with Gasteiger partial charge in [-0.1, -0.05) is 12.1 Å². The fraction of sp³-hybridized carbons (Fsp3) is 0.455. The zero-order chi connectivity index (χ0) is 10.6. The van der Waals surface area contributed by atoms with Crippen molar-refractivity contribution in [2.45, 2.75) is 32.2 Å². The van der Waals surface area contributed by atoms with E-state index in [1.807, 2.05) is 13.0 Å². The molecule has 3 heteroatoms. The molecule has 2 N–H and O–H groups in total. The average Bonchev–Trinajstić information content (AvgIpc) is 2.12. The summed E-state index contributed by atoms with van der Waals surface area (Å²) in [6, 6.07) is 5.36. The van der Waals surface area contributed by atoms with Crippen LogP contribution in [-0.2, 0) is 6.42 Å². The Labute approximate surface area is 92.6 Å². The molecule has 0 aliphatic heterocycles. The van der Waals surface area contributed by atoms with E-state index in [0.717, 1.165) is 24.8 Å². The van der Waals surface area contributed by atoms with Gasteiger partial charge in [-0.3, -0.25) is 0 Å². The minimum Gasteiger partial charge on any atom is -0.328 e. The van der Waals surface area contributed by atoms with Crippen LogP contribution in [0, 0.1) is 5.82 Å². The van der Waals surface area contributed by atoms with Gasteiger partial charge in [0.2, 0.25) is 0 Å². The summed E-state index contributed by atoms with van der Waals surface area (Å²) in [4.78, 5) is 0. The van der Waals surface area contributed by atoms with Crippen LogP contribution in [-0.4, -0.2) is 6.04 Å². The molecule has 1 aromatic carbocycles. The maximum Gasteiger partial charge on any atom is 0.137 e. The fourth-order valence-corrected chi connectivity index (χ4v) is 1.82. The molecule has 0 radical (unpaired) electrons. The lowest BCUT2D eigenvalue weighted by Gasteiger charge is -2.06. The SMILES string of the molecule is CC(N)CCCc1cccc(F)c1Br. The van der Waals surface area contributed by atoms with Gasteiger partial charge in [0.05, 0.1) is 4.47 Å². The highest BCUT2D eigenvalue weighted by Gasteiger charge is 2.04. The van der Waals surface area contributed by atoms with Crippen LogP contribution in [0.25, 0.3) is 0 Å². The molecule has 0 amide bonds. The Morgan fingerprint density at radius 3 is 2.86 bits per heavy atom. The first-order chi connectivity index (χ1) is 6.61. The van der Waals surface area contributed by atoms with Crippen molar-refractivity contribution < 1.29 is 4.39 Å². The largest absolute Gasteiger partial charge is 0.328 e. The Morgan fingerprint density at radius 1 is 1.50 bits per heavy atom. The Bertz CT molecular complexity index is 299. The number of benzene rings is 1. The highest BCUT2D eigenvalue weighted by atomic mass is 79.9. The maximum atomic E-state index is 13.1. The molecule has 0 aliphatic carbocycles. The normalized spacial score (nSPS) is 12.9. The number of hydrogen-bond acceptors (Lipinski definition) is 1. The van der Waals surface area contributed by atoms with Crippen LogP contribution in [0.4, 0.5) is 4.39 Å². The first-order valence-corrected chi connectivity index (χ1v) is 5.59. The molecule has 1 aromatic rings. The van der Waals surface area contributed by atoms with E-state index in [1.54, 1.807) is 6.07 Å². The molecule has 1 rings (SSSR count). The standard InChI is InChI=1S/C11H15BrFN/c1-8(14)4-2-5-9-6-3-7-10(13)11(9)12/h3,6-8H,2,4-5,14H2,1H3. The number of hydrogen-bond donors (Lipinski definition) is 1. The molecule has 0 saturated heterocycles. The Balaban J connectivity index is 2.54. The zero-order valence-electron chi connectivity index (χ0n) is 8.26. The van der Waals surface area contributed by atoms with Crippen LogP contribution >= 0.6 is 15.9 Å². The van der Waals surface area contributed by atoms with Crippen LogP contribution in [0.5, 0.6) is 0 Å². The Morgan fingerprint density at radius 2 is 2.21 bits per heavy atom. The highest BCUT2D eigenvalue weighted by Crippen LogP contribution is 2.21. The second kappa shape index (κ2) is 5.47. The van der Waals surface area contributed by atoms with Crippen molar-refractivity contribution in [2.75, 3.05) is 0 Å². The molecule has 0 spiro atoms. The van der Waals surface area contributed by atoms with Gasteiger partial charge in [-0.2, -0.15) is 0 Å². The lowest BCUT2D eigenvalue weighted by Crippen LogP contribution is -2.14. The van der Waals surface area contributed by atoms with Crippen molar-refractivity contribution in [1.29, 1.82) is 0 Å². The summed E-state index contributed by atoms with van der Waals surface area (Å²) < 4.78 is 13.7. The summed E-state index contributed by atoms with van der Waals surface area (Å²) >= 11 is 3.24. The molecule has 78 valence electrons. The van der Waals surface area contributed by atoms with Crippen molar-refractivity contribution in [2.24, 2.45) is 5.73 Å². The lowest BCUT2D eigenvalue weighted by molar-refractivity contribution is 0.606. The number of aryl methyl sites for hydroxylation is 1. The molecule has 1 unspecified atom stereocenters. The van der Waals surface area contributed by atoms with E-state index in [-0.39, 0.29) is 11.9 Å². The summed E-state index contributed by atoms with van der Waals surface area (Å²) in [5.74, 6) is -0.191. The Hall–Kier alpha value is -0.410. The van der Waals surface area contributed by atoms with Crippen LogP contribution in [0.1, 0.15) is 25.3 Å². The van der Waals surface area contributed by atoms with Crippen molar-refractivity contribution in [3.8, 4) is 0 Å². The number of rotatable bonds is 4. The second-order valence-corrected chi connectivity index (χ2v) is 4.38. The molecule has 0 aromatic heterocycles. The minimum atomic E-state index is -0.191. The minimum absolute atomic E-state index is 0.191. The molecule has 0 aliphatic rings. The molecular weight excluding hydrogens is 245 g/mol. The van der Waals surface area contributed by atoms with Crippen LogP contribution < -0.4 is 5.73 Å². The smallest absolute Gasteiger partial charge is 0.137 e. The molecule has 0 saturated carbocycles. The van der Waals surface area contributed by atoms with Gasteiger partial charge in [-0.25, -0.2) is 4.39 Å². The van der Waals surface area contributed by atoms with Gasteiger partial charge < -0.3 is 5.73 Å². The molecular formula is C11H15BrFN. The van der Waals surface area contributed by atoms with E-state index in [0.29, 0.717) is 4.47 Å². The highest BCUT2D eigenvalue weighted by molar-refractivity contribution is 9.10.